The maximum absolute atomic E-state index is 13.7. The quantitative estimate of drug-likeness (QED) is 0.413. The molecule has 0 spiro atoms. The SMILES string of the molecule is CO[C@@H]1CSc2c(-c3ccc(F)cc3)c(Cl)cc3c(N4CCN(C(=O)OC(C)(C)C)C[C@@H]4C)nc(=O)n(c23)C1. The molecule has 2 aliphatic heterocycles. The zero-order valence-corrected chi connectivity index (χ0v) is 24.2. The van der Waals surface area contributed by atoms with E-state index in [9.17, 15) is 14.0 Å². The van der Waals surface area contributed by atoms with Gasteiger partial charge in [-0.3, -0.25) is 4.57 Å². The van der Waals surface area contributed by atoms with Gasteiger partial charge in [0.15, 0.2) is 0 Å². The van der Waals surface area contributed by atoms with Gasteiger partial charge in [-0.2, -0.15) is 4.98 Å². The van der Waals surface area contributed by atoms with E-state index in [0.717, 1.165) is 26.9 Å². The van der Waals surface area contributed by atoms with Crippen LogP contribution in [-0.2, 0) is 16.0 Å². The van der Waals surface area contributed by atoms with E-state index in [-0.39, 0.29) is 29.7 Å². The van der Waals surface area contributed by atoms with Gasteiger partial charge in [0.25, 0.3) is 0 Å². The highest BCUT2D eigenvalue weighted by molar-refractivity contribution is 7.99. The molecule has 39 heavy (non-hydrogen) atoms. The van der Waals surface area contributed by atoms with Crippen molar-refractivity contribution in [2.75, 3.05) is 37.4 Å². The Morgan fingerprint density at radius 2 is 1.90 bits per heavy atom. The van der Waals surface area contributed by atoms with Gasteiger partial charge in [0.05, 0.1) is 23.2 Å². The summed E-state index contributed by atoms with van der Waals surface area (Å²) in [6.45, 7) is 9.22. The van der Waals surface area contributed by atoms with Gasteiger partial charge in [-0.1, -0.05) is 23.7 Å². The Morgan fingerprint density at radius 3 is 2.54 bits per heavy atom. The number of anilines is 1. The summed E-state index contributed by atoms with van der Waals surface area (Å²) in [6.07, 6.45) is -0.559. The maximum atomic E-state index is 13.7. The highest BCUT2D eigenvalue weighted by atomic mass is 35.5. The average Bonchev–Trinajstić information content (AvgIpc) is 3.07. The molecule has 0 N–H and O–H groups in total. The van der Waals surface area contributed by atoms with Crippen molar-refractivity contribution < 1.29 is 18.7 Å². The van der Waals surface area contributed by atoms with Crippen molar-refractivity contribution in [2.45, 2.75) is 56.9 Å². The fourth-order valence-electron chi connectivity index (χ4n) is 5.12. The van der Waals surface area contributed by atoms with Crippen molar-refractivity contribution >= 4 is 46.2 Å². The van der Waals surface area contributed by atoms with Crippen LogP contribution in [0.1, 0.15) is 27.7 Å². The molecule has 0 saturated carbocycles. The van der Waals surface area contributed by atoms with Crippen LogP contribution in [0.3, 0.4) is 0 Å². The molecule has 1 fully saturated rings. The second-order valence-electron chi connectivity index (χ2n) is 10.9. The topological polar surface area (TPSA) is 76.9 Å². The Kier molecular flexibility index (Phi) is 7.56. The minimum Gasteiger partial charge on any atom is -0.444 e. The number of rotatable bonds is 3. The monoisotopic (exact) mass is 574 g/mol. The van der Waals surface area contributed by atoms with Crippen molar-refractivity contribution in [1.29, 1.82) is 0 Å². The molecule has 1 saturated heterocycles. The number of ether oxygens (including phenoxy) is 2. The fraction of sp³-hybridized carbons (Fsp3) is 0.464. The van der Waals surface area contributed by atoms with Crippen molar-refractivity contribution in [1.82, 2.24) is 14.5 Å². The first-order valence-electron chi connectivity index (χ1n) is 12.9. The van der Waals surface area contributed by atoms with E-state index >= 15 is 0 Å². The number of nitrogens with zero attached hydrogens (tertiary/aromatic N) is 4. The summed E-state index contributed by atoms with van der Waals surface area (Å²) in [6, 6.07) is 7.91. The molecule has 0 bridgehead atoms. The highest BCUT2D eigenvalue weighted by Gasteiger charge is 2.33. The van der Waals surface area contributed by atoms with E-state index in [4.69, 9.17) is 21.1 Å². The van der Waals surface area contributed by atoms with Crippen LogP contribution in [0.15, 0.2) is 40.0 Å². The van der Waals surface area contributed by atoms with Crippen LogP contribution in [0.4, 0.5) is 15.0 Å². The van der Waals surface area contributed by atoms with Gasteiger partial charge in [-0.05, 0) is 51.5 Å². The van der Waals surface area contributed by atoms with Crippen LogP contribution in [0.5, 0.6) is 0 Å². The molecule has 11 heteroatoms. The van der Waals surface area contributed by atoms with Gasteiger partial charge >= 0.3 is 11.8 Å². The number of benzene rings is 2. The molecule has 208 valence electrons. The minimum atomic E-state index is -0.584. The van der Waals surface area contributed by atoms with Crippen LogP contribution in [-0.4, -0.2) is 70.8 Å². The third kappa shape index (κ3) is 5.47. The second kappa shape index (κ2) is 10.6. The Morgan fingerprint density at radius 1 is 1.18 bits per heavy atom. The molecule has 0 radical (unpaired) electrons. The number of halogens is 2. The lowest BCUT2D eigenvalue weighted by atomic mass is 10.0. The third-order valence-corrected chi connectivity index (χ3v) is 8.49. The lowest BCUT2D eigenvalue weighted by Crippen LogP contribution is -2.55. The first-order chi connectivity index (χ1) is 18.5. The summed E-state index contributed by atoms with van der Waals surface area (Å²) < 4.78 is 26.6. The van der Waals surface area contributed by atoms with E-state index < -0.39 is 5.60 Å². The molecular formula is C28H32ClFN4O4S. The summed E-state index contributed by atoms with van der Waals surface area (Å²) in [7, 11) is 1.63. The number of amides is 1. The number of hydrogen-bond acceptors (Lipinski definition) is 7. The predicted molar refractivity (Wildman–Crippen MR) is 153 cm³/mol. The highest BCUT2D eigenvalue weighted by Crippen LogP contribution is 2.45. The Bertz CT molecular complexity index is 1470. The summed E-state index contributed by atoms with van der Waals surface area (Å²) in [5.74, 6) is 0.811. The van der Waals surface area contributed by atoms with Crippen molar-refractivity contribution in [3.05, 3.63) is 51.7 Å². The van der Waals surface area contributed by atoms with Crippen molar-refractivity contribution in [3.63, 3.8) is 0 Å². The predicted octanol–water partition coefficient (Wildman–Crippen LogP) is 5.42. The number of methoxy groups -OCH3 is 1. The number of carbonyl (C=O) groups excluding carboxylic acids is 1. The van der Waals surface area contributed by atoms with Crippen LogP contribution in [0.2, 0.25) is 5.02 Å². The van der Waals surface area contributed by atoms with E-state index in [1.54, 1.807) is 40.5 Å². The van der Waals surface area contributed by atoms with Crippen LogP contribution in [0.25, 0.3) is 22.0 Å². The van der Waals surface area contributed by atoms with Crippen LogP contribution in [0, 0.1) is 5.82 Å². The van der Waals surface area contributed by atoms with Crippen LogP contribution < -0.4 is 10.6 Å². The van der Waals surface area contributed by atoms with Crippen LogP contribution >= 0.6 is 23.4 Å². The molecule has 2 aliphatic rings. The molecule has 3 heterocycles. The van der Waals surface area contributed by atoms with Gasteiger partial charge in [-0.25, -0.2) is 14.0 Å². The Labute approximate surface area is 236 Å². The molecule has 3 aromatic rings. The number of piperazine rings is 1. The number of aromatic nitrogens is 2. The minimum absolute atomic E-state index is 0.124. The fourth-order valence-corrected chi connectivity index (χ4v) is 6.81. The second-order valence-corrected chi connectivity index (χ2v) is 12.4. The normalized spacial score (nSPS) is 19.8. The molecule has 0 unspecified atom stereocenters. The van der Waals surface area contributed by atoms with E-state index in [1.807, 2.05) is 33.8 Å². The van der Waals surface area contributed by atoms with Gasteiger partial charge < -0.3 is 19.3 Å². The lowest BCUT2D eigenvalue weighted by molar-refractivity contribution is 0.0218. The van der Waals surface area contributed by atoms with Crippen molar-refractivity contribution in [3.8, 4) is 11.1 Å². The molecular weight excluding hydrogens is 543 g/mol. The summed E-state index contributed by atoms with van der Waals surface area (Å²) in [5, 5.41) is 1.24. The van der Waals surface area contributed by atoms with Gasteiger partial charge in [0.1, 0.15) is 17.2 Å². The standard InChI is InChI=1S/C28H32ClFN4O4S/c1-16-13-32(27(36)38-28(2,3)4)10-11-33(16)25-20-12-21(29)22(17-6-8-18(30)9-7-17)24-23(20)34(26(35)31-25)14-19(37-5)15-39-24/h6-9,12,16,19H,10-11,13-15H2,1-5H3/t16-,19-/m0/s1. The molecule has 2 atom stereocenters. The maximum Gasteiger partial charge on any atom is 0.410 e. The molecule has 1 aromatic heterocycles. The number of carbonyl (C=O) groups is 1. The van der Waals surface area contributed by atoms with E-state index in [1.165, 1.54) is 12.1 Å². The Balaban J connectivity index is 1.63. The first kappa shape index (κ1) is 27.7. The Hall–Kier alpha value is -2.82. The first-order valence-corrected chi connectivity index (χ1v) is 14.3. The third-order valence-electron chi connectivity index (χ3n) is 6.97. The zero-order valence-electron chi connectivity index (χ0n) is 22.7. The molecule has 8 nitrogen and oxygen atoms in total. The van der Waals surface area contributed by atoms with E-state index in [2.05, 4.69) is 9.88 Å². The van der Waals surface area contributed by atoms with E-state index in [0.29, 0.717) is 42.8 Å². The number of thioether (sulfide) groups is 1. The summed E-state index contributed by atoms with van der Waals surface area (Å²) >= 11 is 8.50. The molecule has 2 aromatic carbocycles. The number of hydrogen-bond donors (Lipinski definition) is 0. The summed E-state index contributed by atoms with van der Waals surface area (Å²) in [5.41, 5.74) is 1.29. The molecule has 1 amide bonds. The lowest BCUT2D eigenvalue weighted by Gasteiger charge is -2.41. The largest absolute Gasteiger partial charge is 0.444 e. The molecule has 5 rings (SSSR count). The zero-order chi connectivity index (χ0) is 28.1. The average molecular weight is 575 g/mol. The van der Waals surface area contributed by atoms with Crippen molar-refractivity contribution in [2.24, 2.45) is 0 Å². The van der Waals surface area contributed by atoms with Gasteiger partial charge in [-0.15, -0.1) is 11.8 Å². The smallest absolute Gasteiger partial charge is 0.410 e. The van der Waals surface area contributed by atoms with Gasteiger partial charge in [0.2, 0.25) is 0 Å². The molecule has 0 aliphatic carbocycles. The van der Waals surface area contributed by atoms with Gasteiger partial charge in [0, 0.05) is 54.4 Å². The summed E-state index contributed by atoms with van der Waals surface area (Å²) in [4.78, 5) is 35.4.